The summed E-state index contributed by atoms with van der Waals surface area (Å²) in [7, 11) is 1.69. The average Bonchev–Trinajstić information content (AvgIpc) is 3.14. The summed E-state index contributed by atoms with van der Waals surface area (Å²) >= 11 is 0. The second-order valence-corrected chi connectivity index (χ2v) is 18.1. The molecule has 2 unspecified atom stereocenters. The highest BCUT2D eigenvalue weighted by Gasteiger charge is 2.34. The summed E-state index contributed by atoms with van der Waals surface area (Å²) in [6.45, 7) is 20.4. The van der Waals surface area contributed by atoms with Crippen LogP contribution in [0.2, 0.25) is 0 Å². The molecule has 2 atom stereocenters. The van der Waals surface area contributed by atoms with Crippen molar-refractivity contribution < 1.29 is 18.3 Å². The number of carbonyl (C=O) groups is 1. The number of hydrogen-bond acceptors (Lipinski definition) is 9. The Morgan fingerprint density at radius 3 is 2.25 bits per heavy atom. The molecule has 12 heteroatoms. The highest BCUT2D eigenvalue weighted by atomic mass is 19.1. The molecule has 0 bridgehead atoms. The highest BCUT2D eigenvalue weighted by Crippen LogP contribution is 2.33. The normalized spacial score (nSPS) is 18.5. The molecule has 10 nitrogen and oxygen atoms in total. The van der Waals surface area contributed by atoms with Gasteiger partial charge >= 0.3 is 0 Å². The lowest BCUT2D eigenvalue weighted by molar-refractivity contribution is -0.124. The molecule has 0 radical (unpaired) electrons. The lowest BCUT2D eigenvalue weighted by Gasteiger charge is -2.43. The maximum atomic E-state index is 15.5. The van der Waals surface area contributed by atoms with Crippen molar-refractivity contribution in [1.29, 1.82) is 0 Å². The number of amides is 1. The molecule has 3 heterocycles. The largest absolute Gasteiger partial charge is 0.380 e. The molecule has 2 aliphatic rings. The molecule has 1 amide bonds. The van der Waals surface area contributed by atoms with Crippen molar-refractivity contribution in [3.8, 4) is 0 Å². The minimum Gasteiger partial charge on any atom is -0.380 e. The van der Waals surface area contributed by atoms with E-state index in [1.165, 1.54) is 12.1 Å². The summed E-state index contributed by atoms with van der Waals surface area (Å²) in [5.41, 5.74) is 7.34. The van der Waals surface area contributed by atoms with Crippen LogP contribution in [0.25, 0.3) is 0 Å². The van der Waals surface area contributed by atoms with Crippen LogP contribution in [0, 0.1) is 22.5 Å². The van der Waals surface area contributed by atoms with E-state index < -0.39 is 11.4 Å². The van der Waals surface area contributed by atoms with E-state index in [-0.39, 0.29) is 35.0 Å². The number of nitrogens with two attached hydrogens (primary N) is 1. The van der Waals surface area contributed by atoms with Gasteiger partial charge in [0, 0.05) is 76.0 Å². The molecule has 2 aliphatic heterocycles. The summed E-state index contributed by atoms with van der Waals surface area (Å²) < 4.78 is 36.4. The molecule has 55 heavy (non-hydrogen) atoms. The number of anilines is 3. The van der Waals surface area contributed by atoms with Crippen molar-refractivity contribution in [3.63, 3.8) is 0 Å². The van der Waals surface area contributed by atoms with Crippen LogP contribution in [0.1, 0.15) is 125 Å². The van der Waals surface area contributed by atoms with Gasteiger partial charge in [-0.1, -0.05) is 60.3 Å². The van der Waals surface area contributed by atoms with Gasteiger partial charge in [-0.25, -0.2) is 18.7 Å². The number of ether oxygens (including phenoxy) is 1. The van der Waals surface area contributed by atoms with E-state index in [4.69, 9.17) is 10.5 Å². The summed E-state index contributed by atoms with van der Waals surface area (Å²) in [5.74, 6) is 1.02. The van der Waals surface area contributed by atoms with Crippen LogP contribution >= 0.6 is 0 Å². The molecule has 0 spiro atoms. The third-order valence-electron chi connectivity index (χ3n) is 11.9. The first-order valence-electron chi connectivity index (χ1n) is 20.9. The van der Waals surface area contributed by atoms with Gasteiger partial charge in [0.25, 0.3) is 0 Å². The Morgan fingerprint density at radius 2 is 1.62 bits per heavy atom. The first kappa shape index (κ1) is 44.6. The number of piperidine rings is 2. The van der Waals surface area contributed by atoms with Gasteiger partial charge in [-0.05, 0) is 82.4 Å². The Kier molecular flexibility index (Phi) is 16.5. The zero-order valence-corrected chi connectivity index (χ0v) is 35.3. The smallest absolute Gasteiger partial charge is 0.220 e. The quantitative estimate of drug-likeness (QED) is 0.116. The SMILES string of the molecule is CCN(CC1(N)CCN(c2cc(NCCCCCCCCC(=O)NC(C(C)OC)C(C)(C)C)ncn2)CC1)c1cc(F)c(CN2CCC(C)(C)CC2)cc1F. The third-order valence-corrected chi connectivity index (χ3v) is 11.9. The first-order chi connectivity index (χ1) is 26.0. The molecule has 1 aromatic carbocycles. The van der Waals surface area contributed by atoms with E-state index in [0.717, 1.165) is 95.7 Å². The second-order valence-electron chi connectivity index (χ2n) is 18.1. The van der Waals surface area contributed by atoms with E-state index >= 15 is 8.78 Å². The number of methoxy groups -OCH3 is 1. The molecule has 0 aliphatic carbocycles. The number of aromatic nitrogens is 2. The Labute approximate surface area is 330 Å². The number of likely N-dealkylation sites (N-methyl/N-ethyl adjacent to an activating group) is 1. The minimum absolute atomic E-state index is 0.0183. The number of nitrogens with zero attached hydrogens (tertiary/aromatic N) is 5. The van der Waals surface area contributed by atoms with E-state index in [1.54, 1.807) is 13.4 Å². The summed E-state index contributed by atoms with van der Waals surface area (Å²) in [4.78, 5) is 27.9. The monoisotopic (exact) mass is 771 g/mol. The van der Waals surface area contributed by atoms with Crippen molar-refractivity contribution in [1.82, 2.24) is 20.2 Å². The molecule has 0 saturated carbocycles. The zero-order valence-electron chi connectivity index (χ0n) is 35.3. The number of nitrogens with one attached hydrogen (secondary N) is 2. The van der Waals surface area contributed by atoms with Crippen molar-refractivity contribution in [2.45, 2.75) is 143 Å². The summed E-state index contributed by atoms with van der Waals surface area (Å²) in [6, 6.07) is 4.73. The van der Waals surface area contributed by atoms with Crippen LogP contribution in [0.5, 0.6) is 0 Å². The van der Waals surface area contributed by atoms with Gasteiger partial charge in [0.15, 0.2) is 0 Å². The van der Waals surface area contributed by atoms with Gasteiger partial charge in [0.1, 0.15) is 29.6 Å². The summed E-state index contributed by atoms with van der Waals surface area (Å²) in [5, 5.41) is 6.64. The van der Waals surface area contributed by atoms with E-state index in [0.29, 0.717) is 49.9 Å². The number of rotatable bonds is 20. The lowest BCUT2D eigenvalue weighted by Crippen LogP contribution is -2.57. The molecule has 2 saturated heterocycles. The van der Waals surface area contributed by atoms with Crippen LogP contribution in [0.15, 0.2) is 24.5 Å². The minimum atomic E-state index is -0.534. The van der Waals surface area contributed by atoms with E-state index in [9.17, 15) is 4.79 Å². The van der Waals surface area contributed by atoms with Gasteiger partial charge in [-0.15, -0.1) is 0 Å². The number of halogens is 2. The van der Waals surface area contributed by atoms with E-state index in [1.807, 2.05) is 24.8 Å². The Morgan fingerprint density at radius 1 is 0.964 bits per heavy atom. The second kappa shape index (κ2) is 20.4. The van der Waals surface area contributed by atoms with Crippen LogP contribution in [0.4, 0.5) is 26.1 Å². The van der Waals surface area contributed by atoms with Crippen LogP contribution in [0.3, 0.4) is 0 Å². The lowest BCUT2D eigenvalue weighted by atomic mass is 9.82. The van der Waals surface area contributed by atoms with Gasteiger partial charge < -0.3 is 30.9 Å². The predicted molar refractivity (Wildman–Crippen MR) is 222 cm³/mol. The van der Waals surface area contributed by atoms with Crippen molar-refractivity contribution in [2.75, 3.05) is 68.0 Å². The fourth-order valence-electron chi connectivity index (χ4n) is 7.96. The maximum Gasteiger partial charge on any atom is 0.220 e. The van der Waals surface area contributed by atoms with Gasteiger partial charge in [-0.2, -0.15) is 0 Å². The number of benzene rings is 1. The zero-order chi connectivity index (χ0) is 40.2. The first-order valence-corrected chi connectivity index (χ1v) is 20.9. The number of hydrogen-bond donors (Lipinski definition) is 3. The average molecular weight is 771 g/mol. The van der Waals surface area contributed by atoms with Crippen LogP contribution in [-0.4, -0.2) is 91.4 Å². The standard InChI is InChI=1S/C43H72F2N8O2/c1-9-52(36-27-34(44)33(26-35(36)45)29-51-22-17-42(6,7)18-23-51)30-43(46)19-24-53(25-20-43)38-28-37(48-31-49-38)47-21-15-13-11-10-12-14-16-39(54)50-40(32(2)55-8)41(3,4)5/h26-28,31-32,40H,9-25,29-30,46H2,1-8H3,(H,50,54)(H,47,48,49). The third kappa shape index (κ3) is 13.8. The molecular weight excluding hydrogens is 699 g/mol. The topological polar surface area (TPSA) is 112 Å². The molecule has 310 valence electrons. The van der Waals surface area contributed by atoms with Crippen LogP contribution < -0.4 is 26.2 Å². The number of likely N-dealkylation sites (tertiary alicyclic amines) is 1. The highest BCUT2D eigenvalue weighted by molar-refractivity contribution is 5.76. The fourth-order valence-corrected chi connectivity index (χ4v) is 7.96. The van der Waals surface area contributed by atoms with Gasteiger partial charge in [0.2, 0.25) is 5.91 Å². The number of unbranched alkanes of at least 4 members (excludes halogenated alkanes) is 5. The molecule has 1 aromatic heterocycles. The van der Waals surface area contributed by atoms with E-state index in [2.05, 4.69) is 65.0 Å². The molecule has 2 fully saturated rings. The Bertz CT molecular complexity index is 1480. The molecule has 4 N–H and O–H groups in total. The Hall–Kier alpha value is -3.09. The number of carbonyl (C=O) groups excluding carboxylic acids is 1. The molecule has 2 aromatic rings. The fraction of sp³-hybridized carbons (Fsp3) is 0.744. The molecule has 4 rings (SSSR count). The van der Waals surface area contributed by atoms with Crippen LogP contribution in [-0.2, 0) is 16.1 Å². The van der Waals surface area contributed by atoms with Crippen molar-refractivity contribution in [2.24, 2.45) is 16.6 Å². The van der Waals surface area contributed by atoms with Crippen molar-refractivity contribution >= 4 is 23.2 Å². The predicted octanol–water partition coefficient (Wildman–Crippen LogP) is 7.91. The van der Waals surface area contributed by atoms with Gasteiger partial charge in [-0.3, -0.25) is 9.69 Å². The molecular formula is C43H72F2N8O2. The van der Waals surface area contributed by atoms with Crippen molar-refractivity contribution in [3.05, 3.63) is 41.7 Å². The maximum absolute atomic E-state index is 15.5. The summed E-state index contributed by atoms with van der Waals surface area (Å²) in [6.07, 6.45) is 12.0. The Balaban J connectivity index is 1.15. The van der Waals surface area contributed by atoms with Gasteiger partial charge in [0.05, 0.1) is 17.8 Å².